The Bertz CT molecular complexity index is 1090. The Morgan fingerprint density at radius 2 is 1.66 bits per heavy atom. The van der Waals surface area contributed by atoms with E-state index in [9.17, 15) is 19.5 Å². The third-order valence-electron chi connectivity index (χ3n) is 6.97. The van der Waals surface area contributed by atoms with Gasteiger partial charge in [0.2, 0.25) is 5.91 Å². The molecule has 2 atom stereocenters. The minimum Gasteiger partial charge on any atom is -0.481 e. The molecule has 0 saturated heterocycles. The maximum Gasteiger partial charge on any atom is 0.407 e. The van der Waals surface area contributed by atoms with Crippen LogP contribution < -0.4 is 10.6 Å². The quantitative estimate of drug-likeness (QED) is 0.488. The number of amides is 2. The molecule has 2 aliphatic rings. The number of hydrogen-bond acceptors (Lipinski definition) is 4. The van der Waals surface area contributed by atoms with E-state index in [1.54, 1.807) is 13.8 Å². The van der Waals surface area contributed by atoms with Crippen LogP contribution in [0.1, 0.15) is 50.2 Å². The number of allylic oxidation sites excluding steroid dienone is 1. The second kappa shape index (κ2) is 10.3. The van der Waals surface area contributed by atoms with E-state index in [1.165, 1.54) is 11.1 Å². The van der Waals surface area contributed by atoms with Gasteiger partial charge in [-0.05, 0) is 55.4 Å². The Hall–Kier alpha value is -3.61. The molecule has 184 valence electrons. The second-order valence-corrected chi connectivity index (χ2v) is 9.90. The minimum atomic E-state index is -0.895. The number of ether oxygens (including phenoxy) is 1. The first-order valence-electron chi connectivity index (χ1n) is 12.1. The number of carbonyl (C=O) groups is 3. The summed E-state index contributed by atoms with van der Waals surface area (Å²) in [6.45, 7) is 3.81. The molecular formula is C28H32N2O5. The van der Waals surface area contributed by atoms with E-state index in [0.29, 0.717) is 25.8 Å². The van der Waals surface area contributed by atoms with Crippen LogP contribution in [-0.2, 0) is 14.3 Å². The fourth-order valence-electron chi connectivity index (χ4n) is 4.75. The molecule has 4 rings (SSSR count). The van der Waals surface area contributed by atoms with Crippen molar-refractivity contribution in [3.05, 3.63) is 71.8 Å². The molecule has 3 N–H and O–H groups in total. The molecule has 0 saturated carbocycles. The Morgan fingerprint density at radius 1 is 1.03 bits per heavy atom. The average molecular weight is 477 g/mol. The number of hydrogen-bond donors (Lipinski definition) is 3. The highest BCUT2D eigenvalue weighted by molar-refractivity contribution is 5.80. The number of benzene rings is 2. The maximum atomic E-state index is 12.6. The van der Waals surface area contributed by atoms with Crippen molar-refractivity contribution in [1.29, 1.82) is 0 Å². The molecule has 0 unspecified atom stereocenters. The lowest BCUT2D eigenvalue weighted by atomic mass is 9.88. The molecule has 2 aromatic carbocycles. The van der Waals surface area contributed by atoms with Crippen molar-refractivity contribution in [3.63, 3.8) is 0 Å². The number of fused-ring (bicyclic) bond motifs is 3. The number of carbonyl (C=O) groups excluding carboxylic acids is 2. The summed E-state index contributed by atoms with van der Waals surface area (Å²) in [4.78, 5) is 36.4. The second-order valence-electron chi connectivity index (χ2n) is 9.90. The zero-order valence-corrected chi connectivity index (χ0v) is 20.1. The van der Waals surface area contributed by atoms with Gasteiger partial charge in [-0.2, -0.15) is 0 Å². The lowest BCUT2D eigenvalue weighted by Crippen LogP contribution is -2.41. The van der Waals surface area contributed by atoms with Crippen molar-refractivity contribution in [1.82, 2.24) is 10.6 Å². The molecule has 2 aliphatic carbocycles. The monoisotopic (exact) mass is 476 g/mol. The standard InChI is InChI=1S/C28H32N2O5/c1-28(2,26(32)33)14-15-29-25(31)18-8-7-9-19(16-18)30-27(34)35-17-24-22-12-5-3-10-20(22)21-11-4-6-13-23(21)24/h3-7,9-13,18-19,24H,8,14-17H2,1-2H3,(H,29,31)(H,30,34)(H,32,33)/t18-,19-/m1/s1. The number of rotatable bonds is 8. The van der Waals surface area contributed by atoms with Gasteiger partial charge in [0.25, 0.3) is 0 Å². The Balaban J connectivity index is 1.28. The summed E-state index contributed by atoms with van der Waals surface area (Å²) in [6, 6.07) is 16.1. The zero-order chi connectivity index (χ0) is 25.0. The van der Waals surface area contributed by atoms with E-state index >= 15 is 0 Å². The molecule has 0 aliphatic heterocycles. The van der Waals surface area contributed by atoms with Crippen molar-refractivity contribution < 1.29 is 24.2 Å². The van der Waals surface area contributed by atoms with E-state index in [0.717, 1.165) is 11.1 Å². The molecule has 0 radical (unpaired) electrons. The van der Waals surface area contributed by atoms with E-state index in [-0.39, 0.29) is 30.4 Å². The predicted octanol–water partition coefficient (Wildman–Crippen LogP) is 4.48. The summed E-state index contributed by atoms with van der Waals surface area (Å²) in [7, 11) is 0. The van der Waals surface area contributed by atoms with Crippen LogP contribution in [0, 0.1) is 11.3 Å². The SMILES string of the molecule is CC(C)(CCNC(=O)[C@@H]1CC=C[C@@H](NC(=O)OCC2c3ccccc3-c3ccccc32)C1)C(=O)O. The van der Waals surface area contributed by atoms with Crippen LogP contribution in [0.4, 0.5) is 4.79 Å². The maximum absolute atomic E-state index is 12.6. The Kier molecular flexibility index (Phi) is 7.24. The molecular weight excluding hydrogens is 444 g/mol. The molecule has 0 fully saturated rings. The van der Waals surface area contributed by atoms with E-state index in [4.69, 9.17) is 4.74 Å². The summed E-state index contributed by atoms with van der Waals surface area (Å²) in [6.07, 6.45) is 4.66. The normalized spacial score (nSPS) is 18.9. The molecule has 7 heteroatoms. The fraction of sp³-hybridized carbons (Fsp3) is 0.393. The summed E-state index contributed by atoms with van der Waals surface area (Å²) in [5.74, 6) is -1.31. The molecule has 2 aromatic rings. The number of carboxylic acid groups (broad SMARTS) is 1. The first-order chi connectivity index (χ1) is 16.8. The lowest BCUT2D eigenvalue weighted by Gasteiger charge is -2.26. The van der Waals surface area contributed by atoms with Gasteiger partial charge in [-0.3, -0.25) is 9.59 Å². The van der Waals surface area contributed by atoms with Crippen LogP contribution in [0.3, 0.4) is 0 Å². The summed E-state index contributed by atoms with van der Waals surface area (Å²) >= 11 is 0. The highest BCUT2D eigenvalue weighted by atomic mass is 16.5. The van der Waals surface area contributed by atoms with E-state index < -0.39 is 17.5 Å². The van der Waals surface area contributed by atoms with Crippen LogP contribution in [0.15, 0.2) is 60.7 Å². The van der Waals surface area contributed by atoms with Gasteiger partial charge in [0.05, 0.1) is 11.5 Å². The van der Waals surface area contributed by atoms with Crippen LogP contribution in [0.5, 0.6) is 0 Å². The predicted molar refractivity (Wildman–Crippen MR) is 133 cm³/mol. The third kappa shape index (κ3) is 5.56. The first kappa shape index (κ1) is 24.5. The summed E-state index contributed by atoms with van der Waals surface area (Å²) in [5.41, 5.74) is 3.76. The van der Waals surface area contributed by atoms with E-state index in [1.807, 2.05) is 36.4 Å². The van der Waals surface area contributed by atoms with Gasteiger partial charge in [0.1, 0.15) is 6.61 Å². The first-order valence-corrected chi connectivity index (χ1v) is 12.1. The van der Waals surface area contributed by atoms with Gasteiger partial charge in [-0.1, -0.05) is 60.7 Å². The minimum absolute atomic E-state index is 0.0105. The highest BCUT2D eigenvalue weighted by Crippen LogP contribution is 2.44. The Labute approximate surface area is 205 Å². The number of alkyl carbamates (subject to hydrolysis) is 1. The summed E-state index contributed by atoms with van der Waals surface area (Å²) < 4.78 is 5.62. The molecule has 7 nitrogen and oxygen atoms in total. The van der Waals surface area contributed by atoms with Crippen LogP contribution in [0.25, 0.3) is 11.1 Å². The number of aliphatic carboxylic acids is 1. The van der Waals surface area contributed by atoms with Gasteiger partial charge in [-0.15, -0.1) is 0 Å². The molecule has 2 amide bonds. The highest BCUT2D eigenvalue weighted by Gasteiger charge is 2.31. The average Bonchev–Trinajstić information content (AvgIpc) is 3.16. The van der Waals surface area contributed by atoms with Crippen molar-refractivity contribution in [2.45, 2.75) is 45.1 Å². The van der Waals surface area contributed by atoms with Gasteiger partial charge in [-0.25, -0.2) is 4.79 Å². The van der Waals surface area contributed by atoms with Crippen molar-refractivity contribution in [2.24, 2.45) is 11.3 Å². The smallest absolute Gasteiger partial charge is 0.407 e. The van der Waals surface area contributed by atoms with E-state index in [2.05, 4.69) is 34.9 Å². The molecule has 0 heterocycles. The van der Waals surface area contributed by atoms with Gasteiger partial charge >= 0.3 is 12.1 Å². The van der Waals surface area contributed by atoms with Gasteiger partial charge in [0, 0.05) is 18.4 Å². The largest absolute Gasteiger partial charge is 0.481 e. The van der Waals surface area contributed by atoms with Gasteiger partial charge in [0.15, 0.2) is 0 Å². The Morgan fingerprint density at radius 3 is 2.29 bits per heavy atom. The topological polar surface area (TPSA) is 105 Å². The van der Waals surface area contributed by atoms with Crippen LogP contribution in [-0.4, -0.2) is 42.3 Å². The third-order valence-corrected chi connectivity index (χ3v) is 6.97. The molecule has 0 aromatic heterocycles. The van der Waals surface area contributed by atoms with Crippen LogP contribution >= 0.6 is 0 Å². The number of carboxylic acids is 1. The van der Waals surface area contributed by atoms with Crippen LogP contribution in [0.2, 0.25) is 0 Å². The summed E-state index contributed by atoms with van der Waals surface area (Å²) in [5, 5.41) is 14.9. The van der Waals surface area contributed by atoms with Crippen molar-refractivity contribution in [3.8, 4) is 11.1 Å². The van der Waals surface area contributed by atoms with Gasteiger partial charge < -0.3 is 20.5 Å². The van der Waals surface area contributed by atoms with Crippen molar-refractivity contribution in [2.75, 3.05) is 13.2 Å². The molecule has 35 heavy (non-hydrogen) atoms. The number of nitrogens with one attached hydrogen (secondary N) is 2. The zero-order valence-electron chi connectivity index (χ0n) is 20.1. The molecule has 0 bridgehead atoms. The fourth-order valence-corrected chi connectivity index (χ4v) is 4.75. The lowest BCUT2D eigenvalue weighted by molar-refractivity contribution is -0.147. The molecule has 0 spiro atoms. The van der Waals surface area contributed by atoms with Crippen molar-refractivity contribution >= 4 is 18.0 Å².